The van der Waals surface area contributed by atoms with Crippen molar-refractivity contribution < 1.29 is 24.2 Å². The molecular weight excluding hydrogens is 418 g/mol. The molecule has 0 saturated heterocycles. The molecule has 4 unspecified atom stereocenters. The maximum Gasteiger partial charge on any atom is 0.251 e. The quantitative estimate of drug-likeness (QED) is 0.453. The summed E-state index contributed by atoms with van der Waals surface area (Å²) in [7, 11) is 1.37. The number of methoxy groups -OCH3 is 1. The number of rotatable bonds is 1. The molecule has 1 amide bonds. The first-order valence-corrected chi connectivity index (χ1v) is 11.6. The minimum atomic E-state index is -0.491. The van der Waals surface area contributed by atoms with Crippen LogP contribution < -0.4 is 5.32 Å². The van der Waals surface area contributed by atoms with Crippen LogP contribution in [0.25, 0.3) is 0 Å². The lowest BCUT2D eigenvalue weighted by Crippen LogP contribution is -2.33. The summed E-state index contributed by atoms with van der Waals surface area (Å²) in [6.45, 7) is 9.83. The summed E-state index contributed by atoms with van der Waals surface area (Å²) >= 11 is 0. The van der Waals surface area contributed by atoms with Gasteiger partial charge in [-0.3, -0.25) is 14.4 Å². The second-order valence-corrected chi connectivity index (χ2v) is 9.46. The molecule has 1 aliphatic heterocycles. The fourth-order valence-electron chi connectivity index (χ4n) is 4.24. The van der Waals surface area contributed by atoms with Gasteiger partial charge in [-0.15, -0.1) is 0 Å². The molecule has 6 heteroatoms. The van der Waals surface area contributed by atoms with Crippen LogP contribution in [0.4, 0.5) is 0 Å². The van der Waals surface area contributed by atoms with Gasteiger partial charge in [-0.25, -0.2) is 0 Å². The van der Waals surface area contributed by atoms with Gasteiger partial charge in [0, 0.05) is 23.1 Å². The summed E-state index contributed by atoms with van der Waals surface area (Å²) in [5.74, 6) is -0.942. The van der Waals surface area contributed by atoms with E-state index in [9.17, 15) is 19.5 Å². The van der Waals surface area contributed by atoms with Gasteiger partial charge < -0.3 is 15.2 Å². The highest BCUT2D eigenvalue weighted by molar-refractivity contribution is 6.23. The van der Waals surface area contributed by atoms with Crippen LogP contribution in [0.3, 0.4) is 0 Å². The van der Waals surface area contributed by atoms with Crippen LogP contribution in [0.2, 0.25) is 0 Å². The zero-order chi connectivity index (χ0) is 24.7. The van der Waals surface area contributed by atoms with E-state index in [0.29, 0.717) is 24.8 Å². The first-order chi connectivity index (χ1) is 15.5. The summed E-state index contributed by atoms with van der Waals surface area (Å²) in [4.78, 5) is 38.3. The average molecular weight is 456 g/mol. The van der Waals surface area contributed by atoms with Crippen molar-refractivity contribution in [2.24, 2.45) is 17.8 Å². The molecule has 6 nitrogen and oxygen atoms in total. The average Bonchev–Trinajstić information content (AvgIpc) is 2.74. The van der Waals surface area contributed by atoms with Gasteiger partial charge in [-0.05, 0) is 51.4 Å². The number of aliphatic hydroxyl groups is 1. The number of ether oxygens (including phenoxy) is 1. The molecule has 4 atom stereocenters. The summed E-state index contributed by atoms with van der Waals surface area (Å²) in [6, 6.07) is 0. The van der Waals surface area contributed by atoms with E-state index in [2.05, 4.69) is 25.2 Å². The maximum atomic E-state index is 13.1. The van der Waals surface area contributed by atoms with E-state index in [1.165, 1.54) is 12.7 Å². The van der Waals surface area contributed by atoms with Crippen molar-refractivity contribution in [3.63, 3.8) is 0 Å². The Hall–Kier alpha value is -2.73. The molecular formula is C27H37NO5. The Bertz CT molecular complexity index is 934. The molecule has 2 aliphatic rings. The molecule has 0 radical (unpaired) electrons. The van der Waals surface area contributed by atoms with Crippen molar-refractivity contribution in [3.8, 4) is 0 Å². The standard InChI is InChI=1S/C27H37NO5/c1-16-8-7-9-19(4)27(32)28-22-15-24(30)26(33-6)21(25(22)31)14-17(2)10-11-23(29)20(5)13-18(3)12-16/h7-9,13,15-17,20,23,29H,10-12,14H2,1-6H3,(H,28,32)/b8-7-,18-13+,19-9+. The molecule has 1 aliphatic carbocycles. The molecule has 0 aromatic heterocycles. The third-order valence-electron chi connectivity index (χ3n) is 6.19. The number of carbonyl (C=O) groups is 3. The van der Waals surface area contributed by atoms with Crippen molar-refractivity contribution in [2.75, 3.05) is 7.11 Å². The second kappa shape index (κ2) is 11.9. The molecule has 2 bridgehead atoms. The number of Topliss-reactive ketones (excluding diaryl/α,β-unsaturated/α-hetero) is 1. The predicted octanol–water partition coefficient (Wildman–Crippen LogP) is 4.33. The summed E-state index contributed by atoms with van der Waals surface area (Å²) in [6.07, 6.45) is 10.8. The predicted molar refractivity (Wildman–Crippen MR) is 129 cm³/mol. The van der Waals surface area contributed by atoms with Crippen LogP contribution >= 0.6 is 0 Å². The van der Waals surface area contributed by atoms with Gasteiger partial charge in [-0.1, -0.05) is 50.6 Å². The first-order valence-electron chi connectivity index (χ1n) is 11.6. The van der Waals surface area contributed by atoms with Crippen molar-refractivity contribution in [2.45, 2.75) is 66.4 Å². The molecule has 0 fully saturated rings. The first kappa shape index (κ1) is 26.5. The molecule has 0 aromatic rings. The largest absolute Gasteiger partial charge is 0.492 e. The molecule has 33 heavy (non-hydrogen) atoms. The number of aliphatic hydroxyl groups excluding tert-OH is 1. The Morgan fingerprint density at radius 2 is 1.76 bits per heavy atom. The summed E-state index contributed by atoms with van der Waals surface area (Å²) in [5.41, 5.74) is 1.87. The number of amides is 1. The highest BCUT2D eigenvalue weighted by Gasteiger charge is 2.31. The van der Waals surface area contributed by atoms with E-state index in [4.69, 9.17) is 4.74 Å². The van der Waals surface area contributed by atoms with E-state index in [0.717, 1.165) is 12.5 Å². The third kappa shape index (κ3) is 7.39. The maximum absolute atomic E-state index is 13.1. The molecule has 180 valence electrons. The van der Waals surface area contributed by atoms with Crippen LogP contribution in [-0.4, -0.2) is 35.8 Å². The molecule has 0 saturated carbocycles. The lowest BCUT2D eigenvalue weighted by molar-refractivity contribution is -0.120. The van der Waals surface area contributed by atoms with Crippen molar-refractivity contribution in [1.29, 1.82) is 0 Å². The number of hydrogen-bond donors (Lipinski definition) is 2. The van der Waals surface area contributed by atoms with Gasteiger partial charge in [0.1, 0.15) is 0 Å². The lowest BCUT2D eigenvalue weighted by Gasteiger charge is -2.22. The summed E-state index contributed by atoms with van der Waals surface area (Å²) in [5, 5.41) is 13.2. The van der Waals surface area contributed by atoms with Crippen molar-refractivity contribution >= 4 is 17.5 Å². The zero-order valence-corrected chi connectivity index (χ0v) is 20.6. The number of nitrogens with one attached hydrogen (secondary N) is 1. The SMILES string of the molecule is COC1=C2CC(C)CCC(O)C(C)/C=C(\C)CC(C)/C=C\C=C(/C)C(=O)NC(=CC1=O)C2=O. The number of fused-ring (bicyclic) bond motifs is 2. The summed E-state index contributed by atoms with van der Waals surface area (Å²) < 4.78 is 5.24. The van der Waals surface area contributed by atoms with Gasteiger partial charge in [0.05, 0.1) is 18.9 Å². The molecule has 2 N–H and O–H groups in total. The zero-order valence-electron chi connectivity index (χ0n) is 20.6. The minimum Gasteiger partial charge on any atom is -0.492 e. The second-order valence-electron chi connectivity index (χ2n) is 9.46. The van der Waals surface area contributed by atoms with Crippen LogP contribution in [-0.2, 0) is 19.1 Å². The Labute approximate surface area is 197 Å². The van der Waals surface area contributed by atoms with Crippen molar-refractivity contribution in [1.82, 2.24) is 5.32 Å². The van der Waals surface area contributed by atoms with Crippen LogP contribution in [0.5, 0.6) is 0 Å². The Kier molecular flexibility index (Phi) is 9.59. The smallest absolute Gasteiger partial charge is 0.251 e. The highest BCUT2D eigenvalue weighted by atomic mass is 16.5. The lowest BCUT2D eigenvalue weighted by atomic mass is 9.87. The molecule has 2 rings (SSSR count). The number of ketones is 2. The van der Waals surface area contributed by atoms with E-state index in [-0.39, 0.29) is 34.8 Å². The van der Waals surface area contributed by atoms with Gasteiger partial charge in [0.15, 0.2) is 5.76 Å². The topological polar surface area (TPSA) is 92.7 Å². The Morgan fingerprint density at radius 1 is 1.06 bits per heavy atom. The fraction of sp³-hybridized carbons (Fsp3) is 0.519. The van der Waals surface area contributed by atoms with Gasteiger partial charge in [-0.2, -0.15) is 0 Å². The number of carbonyl (C=O) groups excluding carboxylic acids is 3. The van der Waals surface area contributed by atoms with Gasteiger partial charge in [0.25, 0.3) is 5.91 Å². The number of allylic oxidation sites excluding steroid dienone is 6. The normalized spacial score (nSPS) is 32.8. The molecule has 0 spiro atoms. The van der Waals surface area contributed by atoms with Crippen LogP contribution in [0.1, 0.15) is 60.3 Å². The fourth-order valence-corrected chi connectivity index (χ4v) is 4.24. The highest BCUT2D eigenvalue weighted by Crippen LogP contribution is 2.28. The third-order valence-corrected chi connectivity index (χ3v) is 6.19. The van der Waals surface area contributed by atoms with E-state index in [1.807, 2.05) is 26.0 Å². The Balaban J connectivity index is 2.39. The Morgan fingerprint density at radius 3 is 2.42 bits per heavy atom. The van der Waals surface area contributed by atoms with E-state index >= 15 is 0 Å². The van der Waals surface area contributed by atoms with Crippen LogP contribution in [0.15, 0.2) is 58.6 Å². The molecule has 1 heterocycles. The minimum absolute atomic E-state index is 0.0144. The van der Waals surface area contributed by atoms with E-state index < -0.39 is 23.6 Å². The number of hydrogen-bond acceptors (Lipinski definition) is 5. The van der Waals surface area contributed by atoms with Crippen LogP contribution in [0, 0.1) is 17.8 Å². The molecule has 0 aromatic carbocycles. The van der Waals surface area contributed by atoms with Gasteiger partial charge in [0.2, 0.25) is 11.6 Å². The van der Waals surface area contributed by atoms with Crippen molar-refractivity contribution in [3.05, 3.63) is 58.6 Å². The van der Waals surface area contributed by atoms with E-state index in [1.54, 1.807) is 13.0 Å². The van der Waals surface area contributed by atoms with Gasteiger partial charge >= 0.3 is 0 Å². The monoisotopic (exact) mass is 455 g/mol.